The SMILES string of the molecule is Cn1ccc(CNC(=O)c2cccc(C#N)c2)c1. The Kier molecular flexibility index (Phi) is 3.44. The summed E-state index contributed by atoms with van der Waals surface area (Å²) in [6.45, 7) is 0.483. The number of aryl methyl sites for hydroxylation is 1. The molecule has 4 nitrogen and oxygen atoms in total. The summed E-state index contributed by atoms with van der Waals surface area (Å²) in [7, 11) is 1.93. The van der Waals surface area contributed by atoms with Crippen LogP contribution in [-0.4, -0.2) is 10.5 Å². The number of amides is 1. The number of nitriles is 1. The van der Waals surface area contributed by atoms with Gasteiger partial charge in [-0.3, -0.25) is 4.79 Å². The Bertz CT molecular complexity index is 607. The van der Waals surface area contributed by atoms with Crippen LogP contribution in [0.2, 0.25) is 0 Å². The number of hydrogen-bond acceptors (Lipinski definition) is 2. The number of nitrogens with zero attached hydrogens (tertiary/aromatic N) is 2. The standard InChI is InChI=1S/C14H13N3O/c1-17-6-5-12(10-17)9-16-14(18)13-4-2-3-11(7-13)8-15/h2-7,10H,9H2,1H3,(H,16,18). The number of nitrogens with one attached hydrogen (secondary N) is 1. The van der Waals surface area contributed by atoms with Crippen LogP contribution in [0, 0.1) is 11.3 Å². The molecule has 1 N–H and O–H groups in total. The fourth-order valence-corrected chi connectivity index (χ4v) is 1.68. The van der Waals surface area contributed by atoms with Crippen molar-refractivity contribution >= 4 is 5.91 Å². The molecule has 2 rings (SSSR count). The summed E-state index contributed by atoms with van der Waals surface area (Å²) >= 11 is 0. The van der Waals surface area contributed by atoms with E-state index in [4.69, 9.17) is 5.26 Å². The second-order valence-electron chi connectivity index (χ2n) is 4.06. The van der Waals surface area contributed by atoms with E-state index in [0.29, 0.717) is 17.7 Å². The van der Waals surface area contributed by atoms with Crippen LogP contribution in [-0.2, 0) is 13.6 Å². The van der Waals surface area contributed by atoms with Crippen molar-refractivity contribution < 1.29 is 4.79 Å². The van der Waals surface area contributed by atoms with E-state index in [0.717, 1.165) is 5.56 Å². The highest BCUT2D eigenvalue weighted by Crippen LogP contribution is 2.05. The highest BCUT2D eigenvalue weighted by molar-refractivity contribution is 5.94. The Morgan fingerprint density at radius 3 is 2.94 bits per heavy atom. The fraction of sp³-hybridized carbons (Fsp3) is 0.143. The molecule has 1 aromatic carbocycles. The van der Waals surface area contributed by atoms with Gasteiger partial charge < -0.3 is 9.88 Å². The summed E-state index contributed by atoms with van der Waals surface area (Å²) in [5.74, 6) is -0.170. The summed E-state index contributed by atoms with van der Waals surface area (Å²) in [6.07, 6.45) is 3.88. The average molecular weight is 239 g/mol. The molecular formula is C14H13N3O. The Balaban J connectivity index is 2.01. The van der Waals surface area contributed by atoms with E-state index in [9.17, 15) is 4.79 Å². The molecule has 0 saturated heterocycles. The monoisotopic (exact) mass is 239 g/mol. The van der Waals surface area contributed by atoms with Crippen LogP contribution < -0.4 is 5.32 Å². The van der Waals surface area contributed by atoms with E-state index in [2.05, 4.69) is 5.32 Å². The molecule has 0 spiro atoms. The van der Waals surface area contributed by atoms with Crippen LogP contribution in [0.15, 0.2) is 42.7 Å². The number of aromatic nitrogens is 1. The first-order valence-electron chi connectivity index (χ1n) is 5.58. The molecule has 0 aliphatic heterocycles. The van der Waals surface area contributed by atoms with Crippen LogP contribution in [0.3, 0.4) is 0 Å². The number of benzene rings is 1. The van der Waals surface area contributed by atoms with Gasteiger partial charge in [0.1, 0.15) is 0 Å². The lowest BCUT2D eigenvalue weighted by atomic mass is 10.1. The second kappa shape index (κ2) is 5.19. The molecule has 0 unspecified atom stereocenters. The molecule has 90 valence electrons. The molecule has 4 heteroatoms. The van der Waals surface area contributed by atoms with Crippen molar-refractivity contribution in [3.8, 4) is 6.07 Å². The van der Waals surface area contributed by atoms with Crippen molar-refractivity contribution in [2.24, 2.45) is 7.05 Å². The molecule has 1 amide bonds. The highest BCUT2D eigenvalue weighted by atomic mass is 16.1. The van der Waals surface area contributed by atoms with E-state index in [1.54, 1.807) is 24.3 Å². The first-order chi connectivity index (χ1) is 8.69. The Morgan fingerprint density at radius 2 is 2.28 bits per heavy atom. The van der Waals surface area contributed by atoms with Crippen molar-refractivity contribution in [2.45, 2.75) is 6.54 Å². The molecule has 1 aromatic heterocycles. The van der Waals surface area contributed by atoms with Crippen molar-refractivity contribution in [1.82, 2.24) is 9.88 Å². The van der Waals surface area contributed by atoms with E-state index >= 15 is 0 Å². The van der Waals surface area contributed by atoms with Crippen molar-refractivity contribution in [3.63, 3.8) is 0 Å². The van der Waals surface area contributed by atoms with Gasteiger partial charge in [0.2, 0.25) is 0 Å². The average Bonchev–Trinajstić information content (AvgIpc) is 2.82. The van der Waals surface area contributed by atoms with Crippen LogP contribution in [0.25, 0.3) is 0 Å². The number of carbonyl (C=O) groups is 1. The smallest absolute Gasteiger partial charge is 0.251 e. The van der Waals surface area contributed by atoms with Gasteiger partial charge in [0.05, 0.1) is 11.6 Å². The zero-order valence-electron chi connectivity index (χ0n) is 10.1. The largest absolute Gasteiger partial charge is 0.357 e. The Labute approximate surface area is 105 Å². The second-order valence-corrected chi connectivity index (χ2v) is 4.06. The van der Waals surface area contributed by atoms with E-state index in [1.807, 2.05) is 36.1 Å². The zero-order chi connectivity index (χ0) is 13.0. The summed E-state index contributed by atoms with van der Waals surface area (Å²) in [4.78, 5) is 11.9. The molecule has 0 aliphatic carbocycles. The highest BCUT2D eigenvalue weighted by Gasteiger charge is 2.06. The third-order valence-electron chi connectivity index (χ3n) is 2.60. The van der Waals surface area contributed by atoms with Crippen LogP contribution in [0.5, 0.6) is 0 Å². The van der Waals surface area contributed by atoms with Crippen LogP contribution >= 0.6 is 0 Å². The molecular weight excluding hydrogens is 226 g/mol. The predicted molar refractivity (Wildman–Crippen MR) is 67.7 cm³/mol. The molecule has 18 heavy (non-hydrogen) atoms. The van der Waals surface area contributed by atoms with Crippen molar-refractivity contribution in [3.05, 3.63) is 59.4 Å². The molecule has 2 aromatic rings. The molecule has 0 fully saturated rings. The maximum absolute atomic E-state index is 11.9. The molecule has 0 aliphatic rings. The Morgan fingerprint density at radius 1 is 1.44 bits per heavy atom. The van der Waals surface area contributed by atoms with Gasteiger partial charge in [-0.25, -0.2) is 0 Å². The molecule has 0 saturated carbocycles. The summed E-state index contributed by atoms with van der Waals surface area (Å²) in [5.41, 5.74) is 2.04. The van der Waals surface area contributed by atoms with Gasteiger partial charge in [-0.05, 0) is 29.8 Å². The molecule has 0 atom stereocenters. The maximum Gasteiger partial charge on any atom is 0.251 e. The molecule has 0 radical (unpaired) electrons. The van der Waals surface area contributed by atoms with E-state index in [1.165, 1.54) is 0 Å². The van der Waals surface area contributed by atoms with E-state index in [-0.39, 0.29) is 5.91 Å². The zero-order valence-corrected chi connectivity index (χ0v) is 10.1. The normalized spacial score (nSPS) is 9.78. The van der Waals surface area contributed by atoms with E-state index < -0.39 is 0 Å². The topological polar surface area (TPSA) is 57.8 Å². The summed E-state index contributed by atoms with van der Waals surface area (Å²) < 4.78 is 1.93. The fourth-order valence-electron chi connectivity index (χ4n) is 1.68. The number of rotatable bonds is 3. The third kappa shape index (κ3) is 2.77. The van der Waals surface area contributed by atoms with Gasteiger partial charge in [-0.15, -0.1) is 0 Å². The van der Waals surface area contributed by atoms with Gasteiger partial charge in [0, 0.05) is 31.5 Å². The minimum Gasteiger partial charge on any atom is -0.357 e. The lowest BCUT2D eigenvalue weighted by molar-refractivity contribution is 0.0951. The lowest BCUT2D eigenvalue weighted by Crippen LogP contribution is -2.22. The molecule has 1 heterocycles. The minimum atomic E-state index is -0.170. The number of carbonyl (C=O) groups excluding carboxylic acids is 1. The minimum absolute atomic E-state index is 0.170. The van der Waals surface area contributed by atoms with Gasteiger partial charge >= 0.3 is 0 Å². The van der Waals surface area contributed by atoms with Gasteiger partial charge in [-0.2, -0.15) is 5.26 Å². The van der Waals surface area contributed by atoms with Gasteiger partial charge in [0.15, 0.2) is 0 Å². The maximum atomic E-state index is 11.9. The van der Waals surface area contributed by atoms with Gasteiger partial charge in [-0.1, -0.05) is 6.07 Å². The molecule has 0 bridgehead atoms. The first-order valence-corrected chi connectivity index (χ1v) is 5.58. The Hall–Kier alpha value is -2.54. The van der Waals surface area contributed by atoms with Gasteiger partial charge in [0.25, 0.3) is 5.91 Å². The lowest BCUT2D eigenvalue weighted by Gasteiger charge is -2.04. The third-order valence-corrected chi connectivity index (χ3v) is 2.60. The quantitative estimate of drug-likeness (QED) is 0.888. The summed E-state index contributed by atoms with van der Waals surface area (Å²) in [6, 6.07) is 10.6. The van der Waals surface area contributed by atoms with Crippen LogP contribution in [0.4, 0.5) is 0 Å². The van der Waals surface area contributed by atoms with Crippen molar-refractivity contribution in [1.29, 1.82) is 5.26 Å². The van der Waals surface area contributed by atoms with Crippen molar-refractivity contribution in [2.75, 3.05) is 0 Å². The summed E-state index contributed by atoms with van der Waals surface area (Å²) in [5, 5.41) is 11.6. The van der Waals surface area contributed by atoms with Crippen LogP contribution in [0.1, 0.15) is 21.5 Å². The first kappa shape index (κ1) is 11.9. The number of hydrogen-bond donors (Lipinski definition) is 1. The predicted octanol–water partition coefficient (Wildman–Crippen LogP) is 1.83.